The van der Waals surface area contributed by atoms with Crippen molar-refractivity contribution < 1.29 is 9.72 Å². The molecule has 1 aromatic carbocycles. The summed E-state index contributed by atoms with van der Waals surface area (Å²) in [5.41, 5.74) is 5.59. The molecule has 0 fully saturated rings. The number of nitrogens with two attached hydrogens (primary N) is 1. The van der Waals surface area contributed by atoms with E-state index in [1.54, 1.807) is 0 Å². The minimum absolute atomic E-state index is 0.0136. The summed E-state index contributed by atoms with van der Waals surface area (Å²) in [6, 6.07) is 2.29. The van der Waals surface area contributed by atoms with Crippen molar-refractivity contribution in [3.63, 3.8) is 0 Å². The fourth-order valence-corrected chi connectivity index (χ4v) is 1.78. The summed E-state index contributed by atoms with van der Waals surface area (Å²) in [5, 5.41) is 10.7. The summed E-state index contributed by atoms with van der Waals surface area (Å²) in [5.74, 6) is -0.358. The van der Waals surface area contributed by atoms with Crippen molar-refractivity contribution in [2.45, 2.75) is 13.8 Å². The van der Waals surface area contributed by atoms with Crippen molar-refractivity contribution in [1.82, 2.24) is 4.90 Å². The number of hydrogen-bond acceptors (Lipinski definition) is 4. The second-order valence-corrected chi connectivity index (χ2v) is 4.03. The molecule has 98 valence electrons. The Labute approximate surface area is 109 Å². The lowest BCUT2D eigenvalue weighted by atomic mass is 10.1. The Balaban J connectivity index is 3.30. The number of carbonyl (C=O) groups excluding carboxylic acids is 1. The number of halogens is 1. The van der Waals surface area contributed by atoms with E-state index in [-0.39, 0.29) is 27.9 Å². The van der Waals surface area contributed by atoms with Gasteiger partial charge < -0.3 is 10.6 Å². The van der Waals surface area contributed by atoms with Gasteiger partial charge in [-0.15, -0.1) is 0 Å². The predicted octanol–water partition coefficient (Wildman–Crippen LogP) is 2.31. The Morgan fingerprint density at radius 2 is 2.00 bits per heavy atom. The van der Waals surface area contributed by atoms with Gasteiger partial charge >= 0.3 is 0 Å². The highest BCUT2D eigenvalue weighted by atomic mass is 35.5. The average Bonchev–Trinajstić information content (AvgIpc) is 2.33. The van der Waals surface area contributed by atoms with Crippen LogP contribution >= 0.6 is 11.6 Å². The van der Waals surface area contributed by atoms with Crippen LogP contribution in [-0.2, 0) is 0 Å². The van der Waals surface area contributed by atoms with Gasteiger partial charge in [-0.05, 0) is 13.8 Å². The monoisotopic (exact) mass is 271 g/mol. The number of amides is 1. The molecule has 0 heterocycles. The Morgan fingerprint density at radius 1 is 1.44 bits per heavy atom. The summed E-state index contributed by atoms with van der Waals surface area (Å²) in [7, 11) is 0. The maximum atomic E-state index is 12.1. The number of hydrogen-bond donors (Lipinski definition) is 1. The molecule has 0 unspecified atom stereocenters. The van der Waals surface area contributed by atoms with Crippen LogP contribution in [0, 0.1) is 10.1 Å². The summed E-state index contributed by atoms with van der Waals surface area (Å²) in [4.78, 5) is 23.8. The molecule has 0 spiro atoms. The molecule has 6 nitrogen and oxygen atoms in total. The zero-order valence-corrected chi connectivity index (χ0v) is 10.9. The number of nitro groups is 1. The molecule has 0 bridgehead atoms. The van der Waals surface area contributed by atoms with E-state index in [1.807, 2.05) is 13.8 Å². The van der Waals surface area contributed by atoms with Crippen LogP contribution in [0.15, 0.2) is 12.1 Å². The predicted molar refractivity (Wildman–Crippen MR) is 69.8 cm³/mol. The third kappa shape index (κ3) is 2.70. The highest BCUT2D eigenvalue weighted by molar-refractivity contribution is 6.34. The first-order valence-corrected chi connectivity index (χ1v) is 5.82. The zero-order chi connectivity index (χ0) is 13.9. The van der Waals surface area contributed by atoms with Crippen molar-refractivity contribution in [2.75, 3.05) is 18.8 Å². The quantitative estimate of drug-likeness (QED) is 0.517. The molecule has 0 saturated carbocycles. The SMILES string of the molecule is CCN(CC)C(=O)c1cc([N+](=O)[O-])cc(Cl)c1N. The maximum Gasteiger partial charge on any atom is 0.271 e. The molecular weight excluding hydrogens is 258 g/mol. The molecule has 0 atom stereocenters. The van der Waals surface area contributed by atoms with E-state index in [4.69, 9.17) is 17.3 Å². The van der Waals surface area contributed by atoms with E-state index < -0.39 is 4.92 Å². The topological polar surface area (TPSA) is 89.5 Å². The first-order chi connectivity index (χ1) is 8.42. The van der Waals surface area contributed by atoms with Crippen LogP contribution in [0.1, 0.15) is 24.2 Å². The van der Waals surface area contributed by atoms with Crippen LogP contribution < -0.4 is 5.73 Å². The molecule has 0 aromatic heterocycles. The Kier molecular flexibility index (Phi) is 4.49. The molecule has 0 aliphatic carbocycles. The van der Waals surface area contributed by atoms with E-state index in [2.05, 4.69) is 0 Å². The van der Waals surface area contributed by atoms with Gasteiger partial charge in [0.05, 0.1) is 21.2 Å². The minimum Gasteiger partial charge on any atom is -0.397 e. The normalized spacial score (nSPS) is 10.2. The Hall–Kier alpha value is -1.82. The van der Waals surface area contributed by atoms with Gasteiger partial charge in [-0.2, -0.15) is 0 Å². The average molecular weight is 272 g/mol. The number of nitro benzene ring substituents is 1. The van der Waals surface area contributed by atoms with Crippen LogP contribution in [0.25, 0.3) is 0 Å². The molecule has 2 N–H and O–H groups in total. The van der Waals surface area contributed by atoms with E-state index in [9.17, 15) is 14.9 Å². The first kappa shape index (κ1) is 14.2. The molecule has 0 radical (unpaired) electrons. The Morgan fingerprint density at radius 3 is 2.44 bits per heavy atom. The second kappa shape index (κ2) is 5.68. The molecule has 0 saturated heterocycles. The van der Waals surface area contributed by atoms with Crippen molar-refractivity contribution in [1.29, 1.82) is 0 Å². The maximum absolute atomic E-state index is 12.1. The molecule has 1 rings (SSSR count). The highest BCUT2D eigenvalue weighted by Crippen LogP contribution is 2.29. The first-order valence-electron chi connectivity index (χ1n) is 5.45. The number of anilines is 1. The molecule has 18 heavy (non-hydrogen) atoms. The van der Waals surface area contributed by atoms with Crippen molar-refractivity contribution in [3.05, 3.63) is 32.8 Å². The van der Waals surface area contributed by atoms with Crippen LogP contribution in [0.5, 0.6) is 0 Å². The molecular formula is C11H14ClN3O3. The van der Waals surface area contributed by atoms with Gasteiger partial charge in [-0.25, -0.2) is 0 Å². The Bertz CT molecular complexity index is 487. The molecule has 7 heteroatoms. The smallest absolute Gasteiger partial charge is 0.271 e. The lowest BCUT2D eigenvalue weighted by Gasteiger charge is -2.19. The van der Waals surface area contributed by atoms with Gasteiger partial charge in [0, 0.05) is 25.2 Å². The van der Waals surface area contributed by atoms with E-state index in [0.29, 0.717) is 13.1 Å². The van der Waals surface area contributed by atoms with E-state index >= 15 is 0 Å². The summed E-state index contributed by atoms with van der Waals surface area (Å²) < 4.78 is 0. The molecule has 1 aromatic rings. The lowest BCUT2D eigenvalue weighted by Crippen LogP contribution is -2.31. The van der Waals surface area contributed by atoms with Gasteiger partial charge in [-0.1, -0.05) is 11.6 Å². The number of rotatable bonds is 4. The standard InChI is InChI=1S/C11H14ClN3O3/c1-3-14(4-2)11(16)8-5-7(15(17)18)6-9(12)10(8)13/h5-6H,3-4,13H2,1-2H3. The number of nitrogen functional groups attached to an aromatic ring is 1. The second-order valence-electron chi connectivity index (χ2n) is 3.62. The fraction of sp³-hybridized carbons (Fsp3) is 0.364. The van der Waals surface area contributed by atoms with Gasteiger partial charge in [0.25, 0.3) is 11.6 Å². The third-order valence-electron chi connectivity index (χ3n) is 2.61. The number of non-ortho nitro benzene ring substituents is 1. The van der Waals surface area contributed by atoms with Crippen LogP contribution in [0.2, 0.25) is 5.02 Å². The van der Waals surface area contributed by atoms with Crippen molar-refractivity contribution in [3.8, 4) is 0 Å². The zero-order valence-electron chi connectivity index (χ0n) is 10.1. The molecule has 1 amide bonds. The van der Waals surface area contributed by atoms with Gasteiger partial charge in [0.2, 0.25) is 0 Å². The number of benzene rings is 1. The van der Waals surface area contributed by atoms with Gasteiger partial charge in [0.1, 0.15) is 0 Å². The summed E-state index contributed by atoms with van der Waals surface area (Å²) >= 11 is 5.80. The molecule has 0 aliphatic heterocycles. The number of carbonyl (C=O) groups is 1. The molecule has 0 aliphatic rings. The minimum atomic E-state index is -0.607. The van der Waals surface area contributed by atoms with E-state index in [1.165, 1.54) is 4.90 Å². The lowest BCUT2D eigenvalue weighted by molar-refractivity contribution is -0.384. The fourth-order valence-electron chi connectivity index (χ4n) is 1.57. The largest absolute Gasteiger partial charge is 0.397 e. The van der Waals surface area contributed by atoms with Gasteiger partial charge in [0.15, 0.2) is 0 Å². The van der Waals surface area contributed by atoms with Crippen LogP contribution in [0.3, 0.4) is 0 Å². The summed E-state index contributed by atoms with van der Waals surface area (Å²) in [6.07, 6.45) is 0. The highest BCUT2D eigenvalue weighted by Gasteiger charge is 2.21. The van der Waals surface area contributed by atoms with Crippen LogP contribution in [-0.4, -0.2) is 28.8 Å². The summed E-state index contributed by atoms with van der Waals surface area (Å²) in [6.45, 7) is 4.62. The van der Waals surface area contributed by atoms with E-state index in [0.717, 1.165) is 12.1 Å². The van der Waals surface area contributed by atoms with Crippen LogP contribution in [0.4, 0.5) is 11.4 Å². The van der Waals surface area contributed by atoms with Gasteiger partial charge in [-0.3, -0.25) is 14.9 Å². The number of nitrogens with zero attached hydrogens (tertiary/aromatic N) is 2. The van der Waals surface area contributed by atoms with Crippen molar-refractivity contribution >= 4 is 28.9 Å². The van der Waals surface area contributed by atoms with Crippen molar-refractivity contribution in [2.24, 2.45) is 0 Å². The third-order valence-corrected chi connectivity index (χ3v) is 2.92.